The van der Waals surface area contributed by atoms with Crippen molar-refractivity contribution in [1.82, 2.24) is 0 Å². The van der Waals surface area contributed by atoms with Crippen LogP contribution in [-0.4, -0.2) is 18.8 Å². The van der Waals surface area contributed by atoms with Gasteiger partial charge in [-0.15, -0.1) is 0 Å². The van der Waals surface area contributed by atoms with Gasteiger partial charge in [-0.2, -0.15) is 0 Å². The average Bonchev–Trinajstić information content (AvgIpc) is 2.74. The molecule has 0 saturated carbocycles. The van der Waals surface area contributed by atoms with Crippen LogP contribution < -0.4 is 15.1 Å². The normalized spacial score (nSPS) is 23.6. The maximum Gasteiger partial charge on any atom is 0.336 e. The van der Waals surface area contributed by atoms with Crippen molar-refractivity contribution < 1.29 is 18.6 Å². The van der Waals surface area contributed by atoms with Gasteiger partial charge in [-0.05, 0) is 38.5 Å². The van der Waals surface area contributed by atoms with E-state index in [2.05, 4.69) is 6.92 Å². The average molecular weight is 418 g/mol. The molecule has 5 nitrogen and oxygen atoms in total. The summed E-state index contributed by atoms with van der Waals surface area (Å²) in [6.07, 6.45) is 3.73. The molecule has 0 amide bonds. The SMILES string of the molecule is CO[C@H]1c2c(c3c(c4c(-c5ccccc5)cc(=O)oc24)OC(C)(C)C=C3)O[C@H](C)[C@@H]1C. The van der Waals surface area contributed by atoms with E-state index in [9.17, 15) is 4.79 Å². The number of rotatable bonds is 2. The number of hydrogen-bond donors (Lipinski definition) is 0. The minimum atomic E-state index is -0.507. The van der Waals surface area contributed by atoms with Crippen LogP contribution in [0.1, 0.15) is 44.9 Å². The number of benzene rings is 2. The van der Waals surface area contributed by atoms with Crippen LogP contribution in [0.2, 0.25) is 0 Å². The molecule has 3 heterocycles. The Bertz CT molecular complexity index is 1250. The van der Waals surface area contributed by atoms with Crippen molar-refractivity contribution >= 4 is 17.0 Å². The van der Waals surface area contributed by atoms with Gasteiger partial charge < -0.3 is 18.6 Å². The molecule has 0 bridgehead atoms. The van der Waals surface area contributed by atoms with Gasteiger partial charge in [-0.1, -0.05) is 37.3 Å². The first-order valence-electron chi connectivity index (χ1n) is 10.6. The Balaban J connectivity index is 1.97. The Morgan fingerprint density at radius 3 is 2.52 bits per heavy atom. The number of fused-ring (bicyclic) bond motifs is 6. The van der Waals surface area contributed by atoms with Gasteiger partial charge >= 0.3 is 5.63 Å². The van der Waals surface area contributed by atoms with Gasteiger partial charge in [0.05, 0.1) is 22.6 Å². The van der Waals surface area contributed by atoms with Crippen molar-refractivity contribution in [1.29, 1.82) is 0 Å². The quantitative estimate of drug-likeness (QED) is 0.496. The van der Waals surface area contributed by atoms with Crippen molar-refractivity contribution in [2.75, 3.05) is 7.11 Å². The lowest BCUT2D eigenvalue weighted by atomic mass is 9.84. The third kappa shape index (κ3) is 3.07. The lowest BCUT2D eigenvalue weighted by molar-refractivity contribution is -0.0125. The molecular formula is C26H26O5. The van der Waals surface area contributed by atoms with Crippen LogP contribution in [0, 0.1) is 5.92 Å². The summed E-state index contributed by atoms with van der Waals surface area (Å²) in [4.78, 5) is 12.7. The summed E-state index contributed by atoms with van der Waals surface area (Å²) in [7, 11) is 1.68. The fourth-order valence-electron chi connectivity index (χ4n) is 4.60. The summed E-state index contributed by atoms with van der Waals surface area (Å²) in [5.74, 6) is 1.41. The third-order valence-electron chi connectivity index (χ3n) is 6.33. The molecule has 0 unspecified atom stereocenters. The van der Waals surface area contributed by atoms with E-state index in [-0.39, 0.29) is 18.1 Å². The zero-order valence-corrected chi connectivity index (χ0v) is 18.4. The second kappa shape index (κ2) is 6.99. The van der Waals surface area contributed by atoms with Gasteiger partial charge in [-0.25, -0.2) is 4.79 Å². The topological polar surface area (TPSA) is 57.9 Å². The number of hydrogen-bond acceptors (Lipinski definition) is 5. The van der Waals surface area contributed by atoms with Gasteiger partial charge in [-0.3, -0.25) is 0 Å². The van der Waals surface area contributed by atoms with Gasteiger partial charge in [0.15, 0.2) is 5.58 Å². The summed E-state index contributed by atoms with van der Waals surface area (Å²) in [6, 6.07) is 11.4. The Labute approximate surface area is 181 Å². The Hall–Kier alpha value is -3.05. The molecule has 0 saturated heterocycles. The molecule has 0 spiro atoms. The van der Waals surface area contributed by atoms with E-state index in [4.69, 9.17) is 18.6 Å². The molecule has 3 aromatic rings. The highest BCUT2D eigenvalue weighted by Gasteiger charge is 2.40. The van der Waals surface area contributed by atoms with Crippen LogP contribution in [0.4, 0.5) is 0 Å². The van der Waals surface area contributed by atoms with Gasteiger partial charge in [0, 0.05) is 24.7 Å². The summed E-state index contributed by atoms with van der Waals surface area (Å²) in [5, 5.41) is 0.768. The minimum absolute atomic E-state index is 0.0636. The van der Waals surface area contributed by atoms with E-state index in [1.165, 1.54) is 6.07 Å². The monoisotopic (exact) mass is 418 g/mol. The van der Waals surface area contributed by atoms with Crippen molar-refractivity contribution in [2.24, 2.45) is 5.92 Å². The fourth-order valence-corrected chi connectivity index (χ4v) is 4.60. The molecule has 1 aromatic heterocycles. The molecule has 5 rings (SSSR count). The second-order valence-electron chi connectivity index (χ2n) is 8.91. The molecule has 2 aliphatic heterocycles. The van der Waals surface area contributed by atoms with E-state index in [0.717, 1.165) is 27.6 Å². The first kappa shape index (κ1) is 19.9. The molecule has 2 aromatic carbocycles. The van der Waals surface area contributed by atoms with E-state index in [0.29, 0.717) is 17.1 Å². The van der Waals surface area contributed by atoms with Crippen LogP contribution in [0.25, 0.3) is 28.2 Å². The van der Waals surface area contributed by atoms with Gasteiger partial charge in [0.25, 0.3) is 0 Å². The molecule has 0 fully saturated rings. The molecule has 0 N–H and O–H groups in total. The van der Waals surface area contributed by atoms with E-state index >= 15 is 0 Å². The van der Waals surface area contributed by atoms with Gasteiger partial charge in [0.1, 0.15) is 23.2 Å². The Morgan fingerprint density at radius 2 is 1.81 bits per heavy atom. The third-order valence-corrected chi connectivity index (χ3v) is 6.33. The Kier molecular flexibility index (Phi) is 4.48. The maximum atomic E-state index is 12.7. The Morgan fingerprint density at radius 1 is 1.06 bits per heavy atom. The van der Waals surface area contributed by atoms with Gasteiger partial charge in [0.2, 0.25) is 0 Å². The van der Waals surface area contributed by atoms with Crippen molar-refractivity contribution in [3.05, 3.63) is 64.0 Å². The van der Waals surface area contributed by atoms with Crippen LogP contribution >= 0.6 is 0 Å². The molecule has 31 heavy (non-hydrogen) atoms. The molecular weight excluding hydrogens is 392 g/mol. The van der Waals surface area contributed by atoms with Crippen LogP contribution in [0.5, 0.6) is 11.5 Å². The minimum Gasteiger partial charge on any atom is -0.489 e. The molecule has 5 heteroatoms. The zero-order chi connectivity index (χ0) is 21.9. The molecule has 2 aliphatic rings. The van der Waals surface area contributed by atoms with E-state index < -0.39 is 11.2 Å². The highest BCUT2D eigenvalue weighted by Crippen LogP contribution is 2.53. The first-order chi connectivity index (χ1) is 14.8. The lowest BCUT2D eigenvalue weighted by Crippen LogP contribution is -2.35. The highest BCUT2D eigenvalue weighted by atomic mass is 16.5. The fraction of sp³-hybridized carbons (Fsp3) is 0.346. The van der Waals surface area contributed by atoms with Crippen LogP contribution in [0.3, 0.4) is 0 Å². The highest BCUT2D eigenvalue weighted by molar-refractivity contribution is 6.04. The number of ether oxygens (including phenoxy) is 3. The second-order valence-corrected chi connectivity index (χ2v) is 8.91. The summed E-state index contributed by atoms with van der Waals surface area (Å²) >= 11 is 0. The molecule has 0 aliphatic carbocycles. The van der Waals surface area contributed by atoms with Crippen LogP contribution in [-0.2, 0) is 4.74 Å². The van der Waals surface area contributed by atoms with Crippen LogP contribution in [0.15, 0.2) is 51.7 Å². The predicted molar refractivity (Wildman–Crippen MR) is 121 cm³/mol. The summed E-state index contributed by atoms with van der Waals surface area (Å²) in [5.41, 5.74) is 2.87. The zero-order valence-electron chi connectivity index (χ0n) is 18.4. The van der Waals surface area contributed by atoms with E-state index in [1.54, 1.807) is 7.11 Å². The predicted octanol–water partition coefficient (Wildman–Crippen LogP) is 5.75. The summed E-state index contributed by atoms with van der Waals surface area (Å²) < 4.78 is 24.6. The van der Waals surface area contributed by atoms with Crippen molar-refractivity contribution in [2.45, 2.75) is 45.5 Å². The largest absolute Gasteiger partial charge is 0.489 e. The molecule has 160 valence electrons. The van der Waals surface area contributed by atoms with E-state index in [1.807, 2.05) is 63.3 Å². The smallest absolute Gasteiger partial charge is 0.336 e. The van der Waals surface area contributed by atoms with Crippen molar-refractivity contribution in [3.8, 4) is 22.6 Å². The molecule has 3 atom stereocenters. The lowest BCUT2D eigenvalue weighted by Gasteiger charge is -2.38. The standard InChI is InChI=1S/C26H26O5/c1-14-15(2)29-23-17-11-12-26(3,4)31-24(17)20-18(16-9-7-6-8-10-16)13-19(27)30-25(20)21(23)22(14)28-5/h6-15,22H,1-5H3/t14-,15+,22+/m0/s1. The first-order valence-corrected chi connectivity index (χ1v) is 10.6. The van der Waals surface area contributed by atoms with Crippen molar-refractivity contribution in [3.63, 3.8) is 0 Å². The molecule has 0 radical (unpaired) electrons. The summed E-state index contributed by atoms with van der Waals surface area (Å²) in [6.45, 7) is 8.12. The number of methoxy groups -OCH3 is 1. The maximum absolute atomic E-state index is 12.7.